The number of carbonyl (C=O) groups excluding carboxylic acids is 1. The highest BCUT2D eigenvalue weighted by Crippen LogP contribution is 2.20. The van der Waals surface area contributed by atoms with Crippen LogP contribution in [0.2, 0.25) is 0 Å². The minimum absolute atomic E-state index is 0.0400. The molecular formula is C21H21NO6S. The van der Waals surface area contributed by atoms with Crippen LogP contribution in [-0.4, -0.2) is 21.0 Å². The Morgan fingerprint density at radius 2 is 1.79 bits per heavy atom. The number of ether oxygens (including phenoxy) is 2. The van der Waals surface area contributed by atoms with E-state index in [1.54, 1.807) is 12.1 Å². The molecule has 3 aromatic rings. The predicted octanol–water partition coefficient (Wildman–Crippen LogP) is 3.51. The lowest BCUT2D eigenvalue weighted by molar-refractivity contribution is 0.0469. The second-order valence-corrected chi connectivity index (χ2v) is 7.81. The molecule has 29 heavy (non-hydrogen) atoms. The van der Waals surface area contributed by atoms with Crippen LogP contribution < -0.4 is 9.46 Å². The van der Waals surface area contributed by atoms with Crippen LogP contribution in [0, 0.1) is 0 Å². The van der Waals surface area contributed by atoms with E-state index in [0.717, 1.165) is 5.56 Å². The zero-order chi connectivity index (χ0) is 20.7. The third-order valence-corrected chi connectivity index (χ3v) is 5.47. The Bertz CT molecular complexity index is 1040. The average Bonchev–Trinajstić information content (AvgIpc) is 3.26. The Balaban J connectivity index is 1.61. The van der Waals surface area contributed by atoms with E-state index in [4.69, 9.17) is 13.9 Å². The first-order chi connectivity index (χ1) is 14.0. The van der Waals surface area contributed by atoms with E-state index in [0.29, 0.717) is 18.1 Å². The van der Waals surface area contributed by atoms with Crippen molar-refractivity contribution in [2.75, 3.05) is 6.61 Å². The van der Waals surface area contributed by atoms with Crippen molar-refractivity contribution in [1.29, 1.82) is 0 Å². The average molecular weight is 415 g/mol. The number of furan rings is 1. The second kappa shape index (κ2) is 9.40. The predicted molar refractivity (Wildman–Crippen MR) is 106 cm³/mol. The SMILES string of the molecule is CCOc1ccccc1COC(=O)c1ccc(S(=O)(=O)NCc2ccco2)cc1. The minimum Gasteiger partial charge on any atom is -0.493 e. The molecule has 2 aromatic carbocycles. The maximum atomic E-state index is 12.3. The maximum Gasteiger partial charge on any atom is 0.338 e. The number of rotatable bonds is 9. The van der Waals surface area contributed by atoms with Gasteiger partial charge in [-0.15, -0.1) is 0 Å². The summed E-state index contributed by atoms with van der Waals surface area (Å²) in [6, 6.07) is 16.2. The lowest BCUT2D eigenvalue weighted by Crippen LogP contribution is -2.23. The molecule has 1 N–H and O–H groups in total. The fourth-order valence-electron chi connectivity index (χ4n) is 2.58. The quantitative estimate of drug-likeness (QED) is 0.538. The summed E-state index contributed by atoms with van der Waals surface area (Å²) >= 11 is 0. The van der Waals surface area contributed by atoms with Crippen molar-refractivity contribution in [3.05, 3.63) is 83.8 Å². The summed E-state index contributed by atoms with van der Waals surface area (Å²) in [6.07, 6.45) is 1.47. The molecule has 7 nitrogen and oxygen atoms in total. The number of carbonyl (C=O) groups is 1. The first kappa shape index (κ1) is 20.6. The Morgan fingerprint density at radius 3 is 2.48 bits per heavy atom. The van der Waals surface area contributed by atoms with Crippen LogP contribution in [0.1, 0.15) is 28.6 Å². The van der Waals surface area contributed by atoms with Crippen molar-refractivity contribution in [1.82, 2.24) is 4.72 Å². The summed E-state index contributed by atoms with van der Waals surface area (Å²) in [7, 11) is -3.72. The molecule has 0 aliphatic heterocycles. The molecule has 3 rings (SSSR count). The van der Waals surface area contributed by atoms with E-state index in [1.165, 1.54) is 30.5 Å². The lowest BCUT2D eigenvalue weighted by Gasteiger charge is -2.11. The molecule has 0 amide bonds. The number of hydrogen-bond donors (Lipinski definition) is 1. The Labute approximate surface area is 169 Å². The molecule has 8 heteroatoms. The fraction of sp³-hybridized carbons (Fsp3) is 0.190. The van der Waals surface area contributed by atoms with Gasteiger partial charge in [0.2, 0.25) is 10.0 Å². The van der Waals surface area contributed by atoms with Crippen molar-refractivity contribution in [2.45, 2.75) is 25.0 Å². The number of benzene rings is 2. The largest absolute Gasteiger partial charge is 0.493 e. The van der Waals surface area contributed by atoms with Gasteiger partial charge in [-0.2, -0.15) is 0 Å². The van der Waals surface area contributed by atoms with E-state index in [-0.39, 0.29) is 23.6 Å². The molecule has 0 saturated carbocycles. The molecular weight excluding hydrogens is 394 g/mol. The maximum absolute atomic E-state index is 12.3. The summed E-state index contributed by atoms with van der Waals surface area (Å²) < 4.78 is 43.0. The van der Waals surface area contributed by atoms with Crippen LogP contribution in [0.4, 0.5) is 0 Å². The van der Waals surface area contributed by atoms with E-state index in [9.17, 15) is 13.2 Å². The number of sulfonamides is 1. The van der Waals surface area contributed by atoms with Crippen LogP contribution in [-0.2, 0) is 27.9 Å². The second-order valence-electron chi connectivity index (χ2n) is 6.05. The van der Waals surface area contributed by atoms with Gasteiger partial charge in [0.25, 0.3) is 0 Å². The number of esters is 1. The number of hydrogen-bond acceptors (Lipinski definition) is 6. The van der Waals surface area contributed by atoms with Gasteiger partial charge in [-0.25, -0.2) is 17.9 Å². The fourth-order valence-corrected chi connectivity index (χ4v) is 3.57. The van der Waals surface area contributed by atoms with Crippen molar-refractivity contribution in [3.63, 3.8) is 0 Å². The van der Waals surface area contributed by atoms with Gasteiger partial charge in [-0.05, 0) is 49.4 Å². The molecule has 0 fully saturated rings. The van der Waals surface area contributed by atoms with E-state index in [2.05, 4.69) is 4.72 Å². The standard InChI is InChI=1S/C21H21NO6S/c1-2-26-20-8-4-3-6-17(20)15-28-21(23)16-9-11-19(12-10-16)29(24,25)22-14-18-7-5-13-27-18/h3-13,22H,2,14-15H2,1H3. The van der Waals surface area contributed by atoms with Crippen molar-refractivity contribution in [3.8, 4) is 5.75 Å². The molecule has 1 aromatic heterocycles. The Kier molecular flexibility index (Phi) is 6.69. The lowest BCUT2D eigenvalue weighted by atomic mass is 10.2. The zero-order valence-corrected chi connectivity index (χ0v) is 16.6. The van der Waals surface area contributed by atoms with Gasteiger partial charge in [0.15, 0.2) is 0 Å². The van der Waals surface area contributed by atoms with Gasteiger partial charge < -0.3 is 13.9 Å². The summed E-state index contributed by atoms with van der Waals surface area (Å²) in [5, 5.41) is 0. The van der Waals surface area contributed by atoms with Gasteiger partial charge >= 0.3 is 5.97 Å². The summed E-state index contributed by atoms with van der Waals surface area (Å²) in [6.45, 7) is 2.48. The minimum atomic E-state index is -3.72. The van der Waals surface area contributed by atoms with Crippen LogP contribution in [0.25, 0.3) is 0 Å². The molecule has 0 radical (unpaired) electrons. The zero-order valence-electron chi connectivity index (χ0n) is 15.8. The molecule has 0 aliphatic rings. The molecule has 0 bridgehead atoms. The topological polar surface area (TPSA) is 94.8 Å². The Morgan fingerprint density at radius 1 is 1.03 bits per heavy atom. The smallest absolute Gasteiger partial charge is 0.338 e. The molecule has 0 atom stereocenters. The van der Waals surface area contributed by atoms with E-state index >= 15 is 0 Å². The third-order valence-electron chi connectivity index (χ3n) is 4.05. The van der Waals surface area contributed by atoms with E-state index < -0.39 is 16.0 Å². The monoisotopic (exact) mass is 415 g/mol. The van der Waals surface area contributed by atoms with Gasteiger partial charge in [0.1, 0.15) is 18.1 Å². The highest BCUT2D eigenvalue weighted by Gasteiger charge is 2.16. The molecule has 0 spiro atoms. The van der Waals surface area contributed by atoms with Crippen molar-refractivity contribution >= 4 is 16.0 Å². The van der Waals surface area contributed by atoms with Crippen LogP contribution >= 0.6 is 0 Å². The van der Waals surface area contributed by atoms with Crippen molar-refractivity contribution < 1.29 is 27.1 Å². The third kappa shape index (κ3) is 5.46. The molecule has 0 aliphatic carbocycles. The number of para-hydroxylation sites is 1. The first-order valence-corrected chi connectivity index (χ1v) is 10.5. The van der Waals surface area contributed by atoms with Gasteiger partial charge in [-0.3, -0.25) is 0 Å². The van der Waals surface area contributed by atoms with Crippen LogP contribution in [0.5, 0.6) is 5.75 Å². The first-order valence-electron chi connectivity index (χ1n) is 8.99. The summed E-state index contributed by atoms with van der Waals surface area (Å²) in [5.41, 5.74) is 1.01. The van der Waals surface area contributed by atoms with E-state index in [1.807, 2.05) is 31.2 Å². The molecule has 0 unspecified atom stereocenters. The highest BCUT2D eigenvalue weighted by molar-refractivity contribution is 7.89. The Hall–Kier alpha value is -3.10. The van der Waals surface area contributed by atoms with Crippen LogP contribution in [0.15, 0.2) is 76.2 Å². The normalized spacial score (nSPS) is 11.2. The van der Waals surface area contributed by atoms with Gasteiger partial charge in [0.05, 0.1) is 29.9 Å². The van der Waals surface area contributed by atoms with Crippen molar-refractivity contribution in [2.24, 2.45) is 0 Å². The number of nitrogens with one attached hydrogen (secondary N) is 1. The molecule has 1 heterocycles. The van der Waals surface area contributed by atoms with Crippen LogP contribution in [0.3, 0.4) is 0 Å². The van der Waals surface area contributed by atoms with Gasteiger partial charge in [-0.1, -0.05) is 18.2 Å². The summed E-state index contributed by atoms with van der Waals surface area (Å²) in [5.74, 6) is 0.608. The highest BCUT2D eigenvalue weighted by atomic mass is 32.2. The molecule has 0 saturated heterocycles. The van der Waals surface area contributed by atoms with Gasteiger partial charge in [0, 0.05) is 5.56 Å². The summed E-state index contributed by atoms with van der Waals surface area (Å²) in [4.78, 5) is 12.3. The molecule has 152 valence electrons.